The average molecular weight is 213 g/mol. The van der Waals surface area contributed by atoms with Crippen LogP contribution in [0.25, 0.3) is 0 Å². The van der Waals surface area contributed by atoms with E-state index in [4.69, 9.17) is 4.74 Å². The van der Waals surface area contributed by atoms with Gasteiger partial charge in [-0.1, -0.05) is 24.3 Å². The van der Waals surface area contributed by atoms with Gasteiger partial charge in [-0.25, -0.2) is 8.42 Å². The molecule has 0 saturated heterocycles. The Morgan fingerprint density at radius 2 is 2.29 bits per heavy atom. The Balaban J connectivity index is 2.60. The molecule has 0 fully saturated rings. The van der Waals surface area contributed by atoms with Crippen LogP contribution in [-0.2, 0) is 20.3 Å². The topological polar surface area (TPSA) is 43.4 Å². The van der Waals surface area contributed by atoms with Gasteiger partial charge in [-0.05, 0) is 11.6 Å². The summed E-state index contributed by atoms with van der Waals surface area (Å²) in [5, 5.41) is 0. The molecule has 4 heteroatoms. The zero-order valence-electron chi connectivity index (χ0n) is 8.06. The lowest BCUT2D eigenvalue weighted by molar-refractivity contribution is 0.217. The van der Waals surface area contributed by atoms with E-state index >= 15 is 0 Å². The van der Waals surface area contributed by atoms with E-state index in [0.717, 1.165) is 5.56 Å². The van der Waals surface area contributed by atoms with Crippen LogP contribution in [0.4, 0.5) is 0 Å². The van der Waals surface area contributed by atoms with Crippen molar-refractivity contribution in [2.75, 3.05) is 19.5 Å². The molecule has 1 radical (unpaired) electrons. The van der Waals surface area contributed by atoms with Gasteiger partial charge in [0.1, 0.15) is 0 Å². The molecule has 77 valence electrons. The van der Waals surface area contributed by atoms with Crippen molar-refractivity contribution in [3.8, 4) is 0 Å². The highest BCUT2D eigenvalue weighted by Gasteiger charge is 2.10. The number of ether oxygens (including phenoxy) is 1. The Kier molecular flexibility index (Phi) is 4.10. The molecule has 0 N–H and O–H groups in total. The molecule has 0 heterocycles. The largest absolute Gasteiger partial charge is 0.384 e. The molecule has 0 spiro atoms. The van der Waals surface area contributed by atoms with Crippen molar-refractivity contribution in [3.05, 3.63) is 35.9 Å². The van der Waals surface area contributed by atoms with Crippen LogP contribution in [-0.4, -0.2) is 27.9 Å². The molecule has 0 aliphatic carbocycles. The number of rotatable bonds is 5. The minimum atomic E-state index is -3.04. The van der Waals surface area contributed by atoms with Crippen LogP contribution < -0.4 is 0 Å². The molecule has 0 aromatic heterocycles. The Labute approximate surface area is 84.6 Å². The van der Waals surface area contributed by atoms with Crippen LogP contribution in [0.5, 0.6) is 0 Å². The smallest absolute Gasteiger partial charge is 0.156 e. The number of hydrogen-bond acceptors (Lipinski definition) is 3. The van der Waals surface area contributed by atoms with Gasteiger partial charge in [0.05, 0.1) is 18.1 Å². The number of benzene rings is 1. The monoisotopic (exact) mass is 213 g/mol. The highest BCUT2D eigenvalue weighted by atomic mass is 32.2. The van der Waals surface area contributed by atoms with Gasteiger partial charge in [0.15, 0.2) is 9.84 Å². The lowest BCUT2D eigenvalue weighted by Crippen LogP contribution is -2.13. The molecule has 0 saturated carbocycles. The van der Waals surface area contributed by atoms with E-state index in [-0.39, 0.29) is 18.1 Å². The molecule has 1 rings (SSSR count). The van der Waals surface area contributed by atoms with E-state index in [9.17, 15) is 8.42 Å². The maximum absolute atomic E-state index is 11.5. The van der Waals surface area contributed by atoms with Gasteiger partial charge in [-0.3, -0.25) is 0 Å². The fraction of sp³-hybridized carbons (Fsp3) is 0.400. The Morgan fingerprint density at radius 3 is 2.86 bits per heavy atom. The molecule has 0 atom stereocenters. The van der Waals surface area contributed by atoms with Crippen molar-refractivity contribution >= 4 is 9.84 Å². The van der Waals surface area contributed by atoms with Crippen molar-refractivity contribution in [2.24, 2.45) is 0 Å². The summed E-state index contributed by atoms with van der Waals surface area (Å²) in [4.78, 5) is 0. The van der Waals surface area contributed by atoms with Gasteiger partial charge in [0.2, 0.25) is 0 Å². The Hall–Kier alpha value is -0.870. The summed E-state index contributed by atoms with van der Waals surface area (Å²) in [5.41, 5.74) is 0.767. The molecule has 14 heavy (non-hydrogen) atoms. The first-order valence-corrected chi connectivity index (χ1v) is 6.10. The SMILES string of the molecule is COCCS(=O)(=O)Cc1c[c]ccc1. The number of sulfone groups is 1. The van der Waals surface area contributed by atoms with Crippen molar-refractivity contribution in [1.29, 1.82) is 0 Å². The molecule has 1 aromatic rings. The van der Waals surface area contributed by atoms with Crippen molar-refractivity contribution < 1.29 is 13.2 Å². The quantitative estimate of drug-likeness (QED) is 0.734. The van der Waals surface area contributed by atoms with Gasteiger partial charge in [0, 0.05) is 7.11 Å². The maximum atomic E-state index is 11.5. The van der Waals surface area contributed by atoms with Crippen LogP contribution in [0, 0.1) is 6.07 Å². The third-order valence-corrected chi connectivity index (χ3v) is 3.32. The summed E-state index contributed by atoms with van der Waals surface area (Å²) in [6.07, 6.45) is 0. The van der Waals surface area contributed by atoms with Crippen LogP contribution in [0.1, 0.15) is 5.56 Å². The summed E-state index contributed by atoms with van der Waals surface area (Å²) >= 11 is 0. The first-order chi connectivity index (χ1) is 6.64. The normalized spacial score (nSPS) is 11.5. The molecule has 1 aromatic carbocycles. The van der Waals surface area contributed by atoms with Crippen LogP contribution >= 0.6 is 0 Å². The van der Waals surface area contributed by atoms with Crippen LogP contribution in [0.3, 0.4) is 0 Å². The zero-order chi connectivity index (χ0) is 10.4. The zero-order valence-corrected chi connectivity index (χ0v) is 8.88. The van der Waals surface area contributed by atoms with Gasteiger partial charge >= 0.3 is 0 Å². The fourth-order valence-electron chi connectivity index (χ4n) is 1.06. The Bertz CT molecular complexity index is 356. The summed E-state index contributed by atoms with van der Waals surface area (Å²) in [6.45, 7) is 0.249. The molecule has 0 bridgehead atoms. The number of methoxy groups -OCH3 is 1. The van der Waals surface area contributed by atoms with E-state index in [0.29, 0.717) is 0 Å². The van der Waals surface area contributed by atoms with Crippen molar-refractivity contribution in [1.82, 2.24) is 0 Å². The van der Waals surface area contributed by atoms with Gasteiger partial charge in [-0.2, -0.15) is 0 Å². The second kappa shape index (κ2) is 5.12. The summed E-state index contributed by atoms with van der Waals surface area (Å²) < 4.78 is 27.7. The van der Waals surface area contributed by atoms with Gasteiger partial charge < -0.3 is 4.74 Å². The maximum Gasteiger partial charge on any atom is 0.156 e. The standard InChI is InChI=1S/C10H13O3S/c1-13-7-8-14(11,12)9-10-5-3-2-4-6-10/h2-3,5-6H,7-9H2,1H3. The average Bonchev–Trinajstić information content (AvgIpc) is 2.16. The molecule has 0 unspecified atom stereocenters. The predicted octanol–water partition coefficient (Wildman–Crippen LogP) is 1.05. The molecule has 0 amide bonds. The van der Waals surface area contributed by atoms with Crippen LogP contribution in [0.15, 0.2) is 24.3 Å². The summed E-state index contributed by atoms with van der Waals surface area (Å²) in [7, 11) is -1.55. The second-order valence-corrected chi connectivity index (χ2v) is 5.18. The molecule has 0 aliphatic rings. The lowest BCUT2D eigenvalue weighted by Gasteiger charge is -2.03. The van der Waals surface area contributed by atoms with E-state index in [2.05, 4.69) is 6.07 Å². The minimum absolute atomic E-state index is 0.0632. The fourth-order valence-corrected chi connectivity index (χ4v) is 2.31. The van der Waals surface area contributed by atoms with Crippen molar-refractivity contribution in [3.63, 3.8) is 0 Å². The van der Waals surface area contributed by atoms with Gasteiger partial charge in [0.25, 0.3) is 0 Å². The van der Waals surface area contributed by atoms with Crippen LogP contribution in [0.2, 0.25) is 0 Å². The highest BCUT2D eigenvalue weighted by molar-refractivity contribution is 7.90. The van der Waals surface area contributed by atoms with E-state index in [1.165, 1.54) is 7.11 Å². The first kappa shape index (κ1) is 11.2. The first-order valence-electron chi connectivity index (χ1n) is 4.28. The van der Waals surface area contributed by atoms with Crippen molar-refractivity contribution in [2.45, 2.75) is 5.75 Å². The molecular weight excluding hydrogens is 200 g/mol. The van der Waals surface area contributed by atoms with E-state index in [1.54, 1.807) is 24.3 Å². The van der Waals surface area contributed by atoms with E-state index in [1.807, 2.05) is 0 Å². The highest BCUT2D eigenvalue weighted by Crippen LogP contribution is 2.05. The minimum Gasteiger partial charge on any atom is -0.384 e. The summed E-state index contributed by atoms with van der Waals surface area (Å²) in [5.74, 6) is 0.131. The van der Waals surface area contributed by atoms with Gasteiger partial charge in [-0.15, -0.1) is 0 Å². The van der Waals surface area contributed by atoms with E-state index < -0.39 is 9.84 Å². The third kappa shape index (κ3) is 3.89. The Morgan fingerprint density at radius 1 is 1.50 bits per heavy atom. The number of hydrogen-bond donors (Lipinski definition) is 0. The predicted molar refractivity (Wildman–Crippen MR) is 54.6 cm³/mol. The molecular formula is C10H13O3S. The lowest BCUT2D eigenvalue weighted by atomic mass is 10.2. The third-order valence-electron chi connectivity index (χ3n) is 1.76. The summed E-state index contributed by atoms with van der Waals surface area (Å²) in [6, 6.07) is 9.83. The molecule has 0 aliphatic heterocycles. The molecule has 3 nitrogen and oxygen atoms in total. The second-order valence-electron chi connectivity index (χ2n) is 3.00.